The van der Waals surface area contributed by atoms with Crippen molar-refractivity contribution in [2.75, 3.05) is 33.9 Å². The molecule has 146 valence electrons. The molecular weight excluding hydrogens is 345 g/mol. The van der Waals surface area contributed by atoms with Crippen molar-refractivity contribution < 1.29 is 19.0 Å². The van der Waals surface area contributed by atoms with Gasteiger partial charge in [0, 0.05) is 6.54 Å². The molecule has 2 aromatic carbocycles. The van der Waals surface area contributed by atoms with Gasteiger partial charge in [0.2, 0.25) is 0 Å². The molecule has 1 saturated heterocycles. The first kappa shape index (κ1) is 19.6. The Morgan fingerprint density at radius 3 is 2.33 bits per heavy atom. The Morgan fingerprint density at radius 2 is 1.70 bits per heavy atom. The molecule has 1 fully saturated rings. The maximum absolute atomic E-state index is 13.0. The standard InChI is InChI=1S/C22H28FNO3/c1-26-20-8-5-18(15-21(20)27-2)22(25)17-10-13-24(14-11-17)12-9-16-3-6-19(23)7-4-16/h3-8,15,17,22,25H,9-14H2,1-2H3. The number of hydrogen-bond acceptors (Lipinski definition) is 4. The molecule has 5 heteroatoms. The van der Waals surface area contributed by atoms with E-state index in [9.17, 15) is 9.50 Å². The van der Waals surface area contributed by atoms with Crippen LogP contribution in [0, 0.1) is 11.7 Å². The maximum atomic E-state index is 13.0. The van der Waals surface area contributed by atoms with E-state index in [-0.39, 0.29) is 11.7 Å². The van der Waals surface area contributed by atoms with Crippen LogP contribution in [0.4, 0.5) is 4.39 Å². The summed E-state index contributed by atoms with van der Waals surface area (Å²) in [6.07, 6.45) is 2.34. The Labute approximate surface area is 160 Å². The fourth-order valence-electron chi connectivity index (χ4n) is 3.74. The predicted molar refractivity (Wildman–Crippen MR) is 104 cm³/mol. The van der Waals surface area contributed by atoms with E-state index in [0.717, 1.165) is 50.0 Å². The van der Waals surface area contributed by atoms with Crippen LogP contribution in [0.1, 0.15) is 30.1 Å². The van der Waals surface area contributed by atoms with E-state index in [2.05, 4.69) is 4.90 Å². The Kier molecular flexibility index (Phi) is 6.69. The summed E-state index contributed by atoms with van der Waals surface area (Å²) in [7, 11) is 3.21. The molecule has 0 amide bonds. The number of aliphatic hydroxyl groups excluding tert-OH is 1. The van der Waals surface area contributed by atoms with E-state index in [0.29, 0.717) is 11.5 Å². The molecule has 1 aliphatic rings. The van der Waals surface area contributed by atoms with Gasteiger partial charge in [-0.2, -0.15) is 0 Å². The smallest absolute Gasteiger partial charge is 0.161 e. The second-order valence-corrected chi connectivity index (χ2v) is 7.11. The Balaban J connectivity index is 1.51. The normalized spacial score (nSPS) is 16.9. The molecule has 3 rings (SSSR count). The van der Waals surface area contributed by atoms with Crippen LogP contribution in [-0.4, -0.2) is 43.9 Å². The molecule has 0 bridgehead atoms. The molecule has 27 heavy (non-hydrogen) atoms. The van der Waals surface area contributed by atoms with Crippen molar-refractivity contribution in [3.05, 3.63) is 59.4 Å². The quantitative estimate of drug-likeness (QED) is 0.801. The van der Waals surface area contributed by atoms with Crippen molar-refractivity contribution in [2.45, 2.75) is 25.4 Å². The highest BCUT2D eigenvalue weighted by molar-refractivity contribution is 5.43. The SMILES string of the molecule is COc1ccc(C(O)C2CCN(CCc3ccc(F)cc3)CC2)cc1OC. The molecule has 0 aromatic heterocycles. The van der Waals surface area contributed by atoms with Gasteiger partial charge in [-0.3, -0.25) is 0 Å². The van der Waals surface area contributed by atoms with E-state index in [1.54, 1.807) is 14.2 Å². The summed E-state index contributed by atoms with van der Waals surface area (Å²) in [6, 6.07) is 12.3. The fraction of sp³-hybridized carbons (Fsp3) is 0.455. The van der Waals surface area contributed by atoms with E-state index in [1.165, 1.54) is 12.1 Å². The zero-order valence-electron chi connectivity index (χ0n) is 16.0. The minimum atomic E-state index is -0.496. The van der Waals surface area contributed by atoms with Gasteiger partial charge in [0.05, 0.1) is 20.3 Å². The second kappa shape index (κ2) is 9.20. The minimum absolute atomic E-state index is 0.191. The lowest BCUT2D eigenvalue weighted by Crippen LogP contribution is -2.36. The van der Waals surface area contributed by atoms with Gasteiger partial charge in [-0.05, 0) is 73.7 Å². The van der Waals surface area contributed by atoms with Gasteiger partial charge < -0.3 is 19.5 Å². The number of rotatable bonds is 7. The number of halogens is 1. The number of ether oxygens (including phenoxy) is 2. The van der Waals surface area contributed by atoms with Gasteiger partial charge in [0.1, 0.15) is 5.82 Å². The molecular formula is C22H28FNO3. The van der Waals surface area contributed by atoms with Crippen LogP contribution < -0.4 is 9.47 Å². The van der Waals surface area contributed by atoms with E-state index >= 15 is 0 Å². The van der Waals surface area contributed by atoms with Crippen LogP contribution in [0.25, 0.3) is 0 Å². The zero-order chi connectivity index (χ0) is 19.2. The van der Waals surface area contributed by atoms with Crippen LogP contribution in [0.5, 0.6) is 11.5 Å². The van der Waals surface area contributed by atoms with Crippen molar-refractivity contribution in [2.24, 2.45) is 5.92 Å². The highest BCUT2D eigenvalue weighted by atomic mass is 19.1. The van der Waals surface area contributed by atoms with Gasteiger partial charge in [-0.25, -0.2) is 4.39 Å². The van der Waals surface area contributed by atoms with E-state index < -0.39 is 6.10 Å². The predicted octanol–water partition coefficient (Wildman–Crippen LogP) is 3.83. The average molecular weight is 373 g/mol. The molecule has 1 unspecified atom stereocenters. The van der Waals surface area contributed by atoms with Gasteiger partial charge >= 0.3 is 0 Å². The molecule has 0 radical (unpaired) electrons. The highest BCUT2D eigenvalue weighted by Gasteiger charge is 2.26. The third-order valence-electron chi connectivity index (χ3n) is 5.46. The zero-order valence-corrected chi connectivity index (χ0v) is 16.0. The summed E-state index contributed by atoms with van der Waals surface area (Å²) in [5.41, 5.74) is 2.03. The molecule has 4 nitrogen and oxygen atoms in total. The average Bonchev–Trinajstić information content (AvgIpc) is 2.72. The Hall–Kier alpha value is -2.11. The molecule has 0 aliphatic carbocycles. The van der Waals surface area contributed by atoms with E-state index in [4.69, 9.17) is 9.47 Å². The van der Waals surface area contributed by atoms with Crippen LogP contribution in [0.3, 0.4) is 0 Å². The number of methoxy groups -OCH3 is 2. The van der Waals surface area contributed by atoms with Crippen molar-refractivity contribution in [1.82, 2.24) is 4.90 Å². The Morgan fingerprint density at radius 1 is 1.04 bits per heavy atom. The van der Waals surface area contributed by atoms with Crippen molar-refractivity contribution >= 4 is 0 Å². The third-order valence-corrected chi connectivity index (χ3v) is 5.46. The van der Waals surface area contributed by atoms with Crippen LogP contribution >= 0.6 is 0 Å². The van der Waals surface area contributed by atoms with Gasteiger partial charge in [-0.15, -0.1) is 0 Å². The number of hydrogen-bond donors (Lipinski definition) is 1. The Bertz CT molecular complexity index is 727. The summed E-state index contributed by atoms with van der Waals surface area (Å²) >= 11 is 0. The van der Waals surface area contributed by atoms with Crippen molar-refractivity contribution in [3.8, 4) is 11.5 Å². The third kappa shape index (κ3) is 4.99. The summed E-state index contributed by atoms with van der Waals surface area (Å²) in [5.74, 6) is 1.36. The van der Waals surface area contributed by atoms with Gasteiger partial charge in [0.25, 0.3) is 0 Å². The largest absolute Gasteiger partial charge is 0.493 e. The molecule has 1 atom stereocenters. The molecule has 2 aromatic rings. The lowest BCUT2D eigenvalue weighted by atomic mass is 9.87. The maximum Gasteiger partial charge on any atom is 0.161 e. The van der Waals surface area contributed by atoms with Gasteiger partial charge in [-0.1, -0.05) is 18.2 Å². The molecule has 1 aliphatic heterocycles. The van der Waals surface area contributed by atoms with Crippen molar-refractivity contribution in [1.29, 1.82) is 0 Å². The number of likely N-dealkylation sites (tertiary alicyclic amines) is 1. The number of benzene rings is 2. The number of nitrogens with zero attached hydrogens (tertiary/aromatic N) is 1. The summed E-state index contributed by atoms with van der Waals surface area (Å²) in [5, 5.41) is 10.8. The fourth-order valence-corrected chi connectivity index (χ4v) is 3.74. The topological polar surface area (TPSA) is 41.9 Å². The summed E-state index contributed by atoms with van der Waals surface area (Å²) in [4.78, 5) is 2.42. The first-order valence-corrected chi connectivity index (χ1v) is 9.47. The number of aliphatic hydroxyl groups is 1. The van der Waals surface area contributed by atoms with Crippen molar-refractivity contribution in [3.63, 3.8) is 0 Å². The van der Waals surface area contributed by atoms with Gasteiger partial charge in [0.15, 0.2) is 11.5 Å². The molecule has 0 spiro atoms. The second-order valence-electron chi connectivity index (χ2n) is 7.11. The first-order chi connectivity index (χ1) is 13.1. The summed E-state index contributed by atoms with van der Waals surface area (Å²) < 4.78 is 23.6. The van der Waals surface area contributed by atoms with Crippen LogP contribution in [0.2, 0.25) is 0 Å². The highest BCUT2D eigenvalue weighted by Crippen LogP contribution is 2.35. The molecule has 1 heterocycles. The molecule has 0 saturated carbocycles. The number of piperidine rings is 1. The minimum Gasteiger partial charge on any atom is -0.493 e. The lowest BCUT2D eigenvalue weighted by Gasteiger charge is -2.34. The lowest BCUT2D eigenvalue weighted by molar-refractivity contribution is 0.0590. The summed E-state index contributed by atoms with van der Waals surface area (Å²) in [6.45, 7) is 2.90. The first-order valence-electron chi connectivity index (χ1n) is 9.47. The van der Waals surface area contributed by atoms with Crippen LogP contribution in [0.15, 0.2) is 42.5 Å². The van der Waals surface area contributed by atoms with Crippen LogP contribution in [-0.2, 0) is 6.42 Å². The van der Waals surface area contributed by atoms with E-state index in [1.807, 2.05) is 30.3 Å². The molecule has 1 N–H and O–H groups in total. The monoisotopic (exact) mass is 373 g/mol.